The van der Waals surface area contributed by atoms with Gasteiger partial charge in [0, 0.05) is 25.7 Å². The molecule has 1 N–H and O–H groups in total. The van der Waals surface area contributed by atoms with Crippen molar-refractivity contribution in [2.75, 3.05) is 19.6 Å². The minimum absolute atomic E-state index is 0.169. The van der Waals surface area contributed by atoms with Gasteiger partial charge in [-0.25, -0.2) is 0 Å². The van der Waals surface area contributed by atoms with Crippen LogP contribution in [0, 0.1) is 5.92 Å². The molecule has 2 rings (SSSR count). The van der Waals surface area contributed by atoms with Crippen molar-refractivity contribution in [3.05, 3.63) is 0 Å². The number of piperidine rings is 1. The van der Waals surface area contributed by atoms with Gasteiger partial charge in [0.1, 0.15) is 0 Å². The maximum atomic E-state index is 12.5. The van der Waals surface area contributed by atoms with Crippen LogP contribution in [0.5, 0.6) is 0 Å². The lowest BCUT2D eigenvalue weighted by molar-refractivity contribution is -0.142. The zero-order chi connectivity index (χ0) is 14.0. The fourth-order valence-electron chi connectivity index (χ4n) is 2.55. The molecule has 1 heterocycles. The van der Waals surface area contributed by atoms with E-state index in [1.165, 1.54) is 4.31 Å². The Kier molecular flexibility index (Phi) is 4.47. The van der Waals surface area contributed by atoms with Crippen molar-refractivity contribution in [3.8, 4) is 0 Å². The lowest BCUT2D eigenvalue weighted by Gasteiger charge is -2.33. The van der Waals surface area contributed by atoms with Gasteiger partial charge >= 0.3 is 5.97 Å². The molecule has 19 heavy (non-hydrogen) atoms. The second-order valence-electron chi connectivity index (χ2n) is 5.36. The number of rotatable bonds is 6. The van der Waals surface area contributed by atoms with Crippen LogP contribution in [-0.4, -0.2) is 53.8 Å². The highest BCUT2D eigenvalue weighted by molar-refractivity contribution is 7.86. The molecule has 1 aliphatic heterocycles. The normalized spacial score (nSPS) is 22.8. The SMILES string of the molecule is CCCN(C1CC1)S(=O)(=O)N1CCC(C(=O)O)CC1. The predicted molar refractivity (Wildman–Crippen MR) is 70.9 cm³/mol. The van der Waals surface area contributed by atoms with E-state index in [9.17, 15) is 13.2 Å². The average Bonchev–Trinajstić information content (AvgIpc) is 3.20. The molecular weight excluding hydrogens is 268 g/mol. The summed E-state index contributed by atoms with van der Waals surface area (Å²) in [6.45, 7) is 3.19. The number of hydrogen-bond acceptors (Lipinski definition) is 3. The van der Waals surface area contributed by atoms with Gasteiger partial charge in [-0.2, -0.15) is 17.0 Å². The zero-order valence-corrected chi connectivity index (χ0v) is 12.1. The molecule has 0 bridgehead atoms. The van der Waals surface area contributed by atoms with Crippen molar-refractivity contribution in [2.24, 2.45) is 5.92 Å². The first-order chi connectivity index (χ1) is 8.96. The zero-order valence-electron chi connectivity index (χ0n) is 11.3. The van der Waals surface area contributed by atoms with Gasteiger partial charge in [-0.1, -0.05) is 6.92 Å². The predicted octanol–water partition coefficient (Wildman–Crippen LogP) is 0.902. The second-order valence-corrected chi connectivity index (χ2v) is 7.24. The number of carboxylic acid groups (broad SMARTS) is 1. The number of hydrogen-bond donors (Lipinski definition) is 1. The van der Waals surface area contributed by atoms with Crippen molar-refractivity contribution in [3.63, 3.8) is 0 Å². The average molecular weight is 290 g/mol. The van der Waals surface area contributed by atoms with Gasteiger partial charge in [-0.15, -0.1) is 0 Å². The van der Waals surface area contributed by atoms with Crippen LogP contribution in [0.3, 0.4) is 0 Å². The van der Waals surface area contributed by atoms with Crippen LogP contribution in [0.4, 0.5) is 0 Å². The largest absolute Gasteiger partial charge is 0.481 e. The van der Waals surface area contributed by atoms with Gasteiger partial charge in [-0.3, -0.25) is 4.79 Å². The van der Waals surface area contributed by atoms with Crippen LogP contribution in [-0.2, 0) is 15.0 Å². The molecule has 2 fully saturated rings. The van der Waals surface area contributed by atoms with E-state index in [0.717, 1.165) is 19.3 Å². The molecule has 0 amide bonds. The first-order valence-electron chi connectivity index (χ1n) is 6.96. The van der Waals surface area contributed by atoms with Crippen molar-refractivity contribution >= 4 is 16.2 Å². The highest BCUT2D eigenvalue weighted by atomic mass is 32.2. The van der Waals surface area contributed by atoms with Crippen molar-refractivity contribution in [1.82, 2.24) is 8.61 Å². The second kappa shape index (κ2) is 5.76. The Morgan fingerprint density at radius 1 is 1.26 bits per heavy atom. The van der Waals surface area contributed by atoms with Gasteiger partial charge in [-0.05, 0) is 32.1 Å². The first kappa shape index (κ1) is 14.7. The van der Waals surface area contributed by atoms with Crippen LogP contribution in [0.15, 0.2) is 0 Å². The van der Waals surface area contributed by atoms with Gasteiger partial charge < -0.3 is 5.11 Å². The quantitative estimate of drug-likeness (QED) is 0.788. The van der Waals surface area contributed by atoms with Crippen LogP contribution < -0.4 is 0 Å². The molecule has 1 aliphatic carbocycles. The molecule has 6 nitrogen and oxygen atoms in total. The van der Waals surface area contributed by atoms with Crippen LogP contribution in [0.1, 0.15) is 39.0 Å². The highest BCUT2D eigenvalue weighted by Gasteiger charge is 2.41. The Bertz CT molecular complexity index is 425. The number of nitrogens with zero attached hydrogens (tertiary/aromatic N) is 2. The van der Waals surface area contributed by atoms with Gasteiger partial charge in [0.2, 0.25) is 0 Å². The molecule has 0 spiro atoms. The Hall–Kier alpha value is -0.660. The van der Waals surface area contributed by atoms with Crippen LogP contribution >= 0.6 is 0 Å². The minimum atomic E-state index is -3.40. The molecule has 2 aliphatic rings. The molecule has 0 unspecified atom stereocenters. The highest BCUT2D eigenvalue weighted by Crippen LogP contribution is 2.32. The monoisotopic (exact) mass is 290 g/mol. The van der Waals surface area contributed by atoms with Crippen molar-refractivity contribution in [2.45, 2.75) is 45.1 Å². The summed E-state index contributed by atoms with van der Waals surface area (Å²) in [4.78, 5) is 10.9. The van der Waals surface area contributed by atoms with E-state index >= 15 is 0 Å². The molecule has 0 atom stereocenters. The van der Waals surface area contributed by atoms with Crippen LogP contribution in [0.2, 0.25) is 0 Å². The molecule has 110 valence electrons. The summed E-state index contributed by atoms with van der Waals surface area (Å²) in [6.07, 6.45) is 3.54. The Labute approximate surface area is 114 Å². The standard InChI is InChI=1S/C12H22N2O4S/c1-2-7-14(11-3-4-11)19(17,18)13-8-5-10(6-9-13)12(15)16/h10-11H,2-9H2,1H3,(H,15,16). The third-order valence-corrected chi connectivity index (χ3v) is 5.92. The van der Waals surface area contributed by atoms with Gasteiger partial charge in [0.25, 0.3) is 10.2 Å². The maximum absolute atomic E-state index is 12.5. The van der Waals surface area contributed by atoms with E-state index in [4.69, 9.17) is 5.11 Å². The van der Waals surface area contributed by atoms with Gasteiger partial charge in [0.05, 0.1) is 5.92 Å². The van der Waals surface area contributed by atoms with E-state index in [0.29, 0.717) is 32.5 Å². The molecule has 0 radical (unpaired) electrons. The molecular formula is C12H22N2O4S. The lowest BCUT2D eigenvalue weighted by atomic mass is 9.99. The molecule has 1 saturated carbocycles. The van der Waals surface area contributed by atoms with E-state index < -0.39 is 22.1 Å². The molecule has 1 saturated heterocycles. The third kappa shape index (κ3) is 3.27. The Morgan fingerprint density at radius 2 is 1.84 bits per heavy atom. The van der Waals surface area contributed by atoms with E-state index in [1.807, 2.05) is 6.92 Å². The topological polar surface area (TPSA) is 77.9 Å². The maximum Gasteiger partial charge on any atom is 0.306 e. The van der Waals surface area contributed by atoms with Crippen molar-refractivity contribution < 1.29 is 18.3 Å². The van der Waals surface area contributed by atoms with Crippen LogP contribution in [0.25, 0.3) is 0 Å². The van der Waals surface area contributed by atoms with Crippen molar-refractivity contribution in [1.29, 1.82) is 0 Å². The molecule has 0 aromatic rings. The Morgan fingerprint density at radius 3 is 2.26 bits per heavy atom. The molecule has 7 heteroatoms. The summed E-state index contributed by atoms with van der Waals surface area (Å²) in [6, 6.07) is 0.169. The van der Waals surface area contributed by atoms with E-state index in [1.54, 1.807) is 4.31 Å². The number of aliphatic carboxylic acids is 1. The summed E-state index contributed by atoms with van der Waals surface area (Å²) < 4.78 is 28.1. The number of carbonyl (C=O) groups is 1. The summed E-state index contributed by atoms with van der Waals surface area (Å²) in [5, 5.41) is 8.94. The van der Waals surface area contributed by atoms with E-state index in [-0.39, 0.29) is 6.04 Å². The third-order valence-electron chi connectivity index (χ3n) is 3.82. The molecule has 0 aromatic heterocycles. The fourth-order valence-corrected chi connectivity index (χ4v) is 4.52. The lowest BCUT2D eigenvalue weighted by Crippen LogP contribution is -2.48. The molecule has 0 aromatic carbocycles. The fraction of sp³-hybridized carbons (Fsp3) is 0.917. The van der Waals surface area contributed by atoms with E-state index in [2.05, 4.69) is 0 Å². The summed E-state index contributed by atoms with van der Waals surface area (Å²) in [5.41, 5.74) is 0. The summed E-state index contributed by atoms with van der Waals surface area (Å²) in [5.74, 6) is -1.21. The minimum Gasteiger partial charge on any atom is -0.481 e. The Balaban J connectivity index is 2.01. The van der Waals surface area contributed by atoms with Gasteiger partial charge in [0.15, 0.2) is 0 Å². The smallest absolute Gasteiger partial charge is 0.306 e. The summed E-state index contributed by atoms with van der Waals surface area (Å²) in [7, 11) is -3.40. The summed E-state index contributed by atoms with van der Waals surface area (Å²) >= 11 is 0. The first-order valence-corrected chi connectivity index (χ1v) is 8.36. The number of carboxylic acids is 1.